The number of unbranched alkanes of at least 4 members (excludes halogenated alkanes) is 2. The third kappa shape index (κ3) is 31.5. The van der Waals surface area contributed by atoms with E-state index >= 15 is 0 Å². The van der Waals surface area contributed by atoms with Crippen LogP contribution in [0.2, 0.25) is 10.0 Å². The first-order chi connectivity index (χ1) is 43.7. The normalized spacial score (nSPS) is 13.4. The number of pyridine rings is 1. The fourth-order valence-corrected chi connectivity index (χ4v) is 10.4. The van der Waals surface area contributed by atoms with Crippen molar-refractivity contribution in [2.24, 2.45) is 5.84 Å². The van der Waals surface area contributed by atoms with E-state index in [0.29, 0.717) is 229 Å². The minimum Gasteiger partial charge on any atom is -0.478 e. The molecule has 90 heavy (non-hydrogen) atoms. The summed E-state index contributed by atoms with van der Waals surface area (Å²) in [4.78, 5) is 28.4. The maximum Gasteiger partial charge on any atom is 0.511 e. The molecule has 22 nitrogen and oxygen atoms in total. The molecule has 4 aromatic rings. The molecular weight excluding hydrogens is 1250 g/mol. The van der Waals surface area contributed by atoms with Crippen LogP contribution in [0.25, 0.3) is 10.9 Å². The third-order valence-electron chi connectivity index (χ3n) is 13.8. The van der Waals surface area contributed by atoms with E-state index in [4.69, 9.17) is 95.6 Å². The number of ether oxygens (including phenoxy) is 13. The number of hydrazine groups is 1. The Labute approximate surface area is 536 Å². The average molecular weight is 1340 g/mol. The molecule has 5 rings (SSSR count). The third-order valence-corrected chi connectivity index (χ3v) is 15.9. The molecule has 1 fully saturated rings. The van der Waals surface area contributed by atoms with E-state index in [1.807, 2.05) is 72.2 Å². The lowest BCUT2D eigenvalue weighted by Crippen LogP contribution is -2.47. The number of nitrogens with one attached hydrogen (secondary N) is 2. The van der Waals surface area contributed by atoms with Crippen molar-refractivity contribution in [3.8, 4) is 5.88 Å². The molecule has 1 aliphatic rings. The highest BCUT2D eigenvalue weighted by atomic mass is 35.5. The molecule has 0 spiro atoms. The van der Waals surface area contributed by atoms with Crippen molar-refractivity contribution in [3.05, 3.63) is 99.5 Å². The second-order valence-corrected chi connectivity index (χ2v) is 23.4. The summed E-state index contributed by atoms with van der Waals surface area (Å²) in [6.07, 6.45) is 4.17. The van der Waals surface area contributed by atoms with Gasteiger partial charge in [0.1, 0.15) is 5.78 Å². The second-order valence-electron chi connectivity index (χ2n) is 20.6. The van der Waals surface area contributed by atoms with Crippen molar-refractivity contribution in [1.82, 2.24) is 14.7 Å². The number of rotatable bonds is 53. The molecule has 0 bridgehead atoms. The van der Waals surface area contributed by atoms with Crippen LogP contribution in [0.4, 0.5) is 18.9 Å². The van der Waals surface area contributed by atoms with Crippen molar-refractivity contribution in [3.63, 3.8) is 0 Å². The molecule has 1 saturated heterocycles. The number of nitrogens with zero attached hydrogens (tertiary/aromatic N) is 2. The predicted molar refractivity (Wildman–Crippen MR) is 334 cm³/mol. The summed E-state index contributed by atoms with van der Waals surface area (Å²) < 4.78 is 137. The molecule has 3 aromatic carbocycles. The van der Waals surface area contributed by atoms with E-state index < -0.39 is 15.5 Å². The Balaban J connectivity index is 0.815. The summed E-state index contributed by atoms with van der Waals surface area (Å²) in [6.45, 7) is 10.3. The van der Waals surface area contributed by atoms with E-state index in [-0.39, 0.29) is 56.0 Å². The number of fused-ring (bicyclic) bond motifs is 1. The Bertz CT molecular complexity index is 2640. The summed E-state index contributed by atoms with van der Waals surface area (Å²) >= 11 is 12.6. The highest BCUT2D eigenvalue weighted by Crippen LogP contribution is 2.38. The molecule has 0 atom stereocenters. The van der Waals surface area contributed by atoms with Gasteiger partial charge >= 0.3 is 15.5 Å². The van der Waals surface area contributed by atoms with Crippen LogP contribution < -0.4 is 21.3 Å². The van der Waals surface area contributed by atoms with Crippen molar-refractivity contribution >= 4 is 61.5 Å². The minimum atomic E-state index is -5.44. The van der Waals surface area contributed by atoms with Gasteiger partial charge in [-0.15, -0.1) is 0 Å². The number of Topliss-reactive ketones (excluding diaryl/α,β-unsaturated/α-hetero) is 1. The predicted octanol–water partition coefficient (Wildman–Crippen LogP) is 8.32. The number of ketones is 1. The van der Waals surface area contributed by atoms with Gasteiger partial charge in [-0.3, -0.25) is 15.0 Å². The summed E-state index contributed by atoms with van der Waals surface area (Å²) in [7, 11) is -5.44. The quantitative estimate of drug-likeness (QED) is 0.0123. The monoisotopic (exact) mass is 1340 g/mol. The largest absolute Gasteiger partial charge is 0.511 e. The molecule has 0 aliphatic carbocycles. The molecule has 0 saturated carbocycles. The number of hydrogen-bond acceptors (Lipinski definition) is 20. The lowest BCUT2D eigenvalue weighted by atomic mass is 9.84. The van der Waals surface area contributed by atoms with Crippen LogP contribution in [0.15, 0.2) is 72.8 Å². The van der Waals surface area contributed by atoms with E-state index in [0.717, 1.165) is 28.5 Å². The molecule has 0 radical (unpaired) electrons. The number of sulfonamides is 1. The number of benzene rings is 3. The van der Waals surface area contributed by atoms with Crippen LogP contribution in [-0.2, 0) is 76.5 Å². The highest BCUT2D eigenvalue weighted by molar-refractivity contribution is 7.90. The fourth-order valence-electron chi connectivity index (χ4n) is 9.12. The van der Waals surface area contributed by atoms with E-state index in [1.54, 1.807) is 6.07 Å². The number of hydrogen-bond donors (Lipinski definition) is 3. The molecule has 1 aliphatic heterocycles. The maximum atomic E-state index is 13.4. The Morgan fingerprint density at radius 1 is 0.522 bits per heavy atom. The number of carbonyl (C=O) groups excluding carboxylic acids is 2. The van der Waals surface area contributed by atoms with Gasteiger partial charge in [-0.1, -0.05) is 53.5 Å². The van der Waals surface area contributed by atoms with Gasteiger partial charge in [0.25, 0.3) is 0 Å². The van der Waals surface area contributed by atoms with Crippen LogP contribution in [0.3, 0.4) is 0 Å². The van der Waals surface area contributed by atoms with Gasteiger partial charge in [0.15, 0.2) is 0 Å². The van der Waals surface area contributed by atoms with E-state index in [9.17, 15) is 31.2 Å². The molecule has 0 unspecified atom stereocenters. The van der Waals surface area contributed by atoms with Gasteiger partial charge in [-0.05, 0) is 91.6 Å². The van der Waals surface area contributed by atoms with E-state index in [2.05, 4.69) is 5.32 Å². The number of anilines is 1. The standard InChI is InChI=1S/C62H90Cl2F3N5O17S/c63-52-12-7-49(8-13-52)61(50-9-14-53(64)15-10-50)51-11-16-57-56(47-51)58(69-54-17-20-72(21-18-54)90(75,76)62(65,66)67)48-60(70-57)89-23-3-1-2-5-55(73)6-4-22-77-25-27-79-29-31-81-33-35-83-37-39-85-41-43-87-45-46-88-44-42-86-40-38-84-36-34-82-32-30-80-28-26-78-24-19-59(74)71-68/h7-16,47-48,54,61H,1-6,17-46,68H2,(H,69,70)(H,71,74). The van der Waals surface area contributed by atoms with Gasteiger partial charge in [0.2, 0.25) is 11.8 Å². The number of alkyl halides is 3. The summed E-state index contributed by atoms with van der Waals surface area (Å²) in [5.74, 6) is 5.02. The molecule has 2 heterocycles. The SMILES string of the molecule is NNC(=O)CCOCCOCCOCCOCCOCCOCCOCCOCCOCCOCCOCCOCCCC(=O)CCCCCOc1cc(NC2CCN(S(=O)(=O)C(F)(F)F)CC2)c2cc(C(c3ccc(Cl)cc3)c3ccc(Cl)cc3)ccc2n1. The second kappa shape index (κ2) is 45.8. The van der Waals surface area contributed by atoms with Gasteiger partial charge in [-0.2, -0.15) is 17.5 Å². The summed E-state index contributed by atoms with van der Waals surface area (Å²) in [6, 6.07) is 22.6. The average Bonchev–Trinajstić information content (AvgIpc) is 1.19. The molecule has 4 N–H and O–H groups in total. The van der Waals surface area contributed by atoms with Crippen molar-refractivity contribution in [2.75, 3.05) is 184 Å². The van der Waals surface area contributed by atoms with Gasteiger partial charge in [0.05, 0.1) is 171 Å². The van der Waals surface area contributed by atoms with Crippen molar-refractivity contribution in [1.29, 1.82) is 0 Å². The van der Waals surface area contributed by atoms with Crippen molar-refractivity contribution in [2.45, 2.75) is 75.3 Å². The van der Waals surface area contributed by atoms with Gasteiger partial charge in [0, 0.05) is 71.7 Å². The smallest absolute Gasteiger partial charge is 0.478 e. The molecule has 506 valence electrons. The zero-order valence-electron chi connectivity index (χ0n) is 51.2. The summed E-state index contributed by atoms with van der Waals surface area (Å²) in [5, 5.41) is 5.44. The zero-order valence-corrected chi connectivity index (χ0v) is 53.6. The molecule has 1 aromatic heterocycles. The maximum absolute atomic E-state index is 13.4. The Hall–Kier alpha value is -4.43. The fraction of sp³-hybridized carbons (Fsp3) is 0.629. The number of piperidine rings is 1. The topological polar surface area (TPSA) is 254 Å². The lowest BCUT2D eigenvalue weighted by Gasteiger charge is -2.32. The van der Waals surface area contributed by atoms with E-state index in [1.165, 1.54) is 0 Å². The Kier molecular flexibility index (Phi) is 38.8. The molecular formula is C62H90Cl2F3N5O17S. The van der Waals surface area contributed by atoms with Crippen LogP contribution in [0.1, 0.15) is 80.4 Å². The first kappa shape index (κ1) is 76.3. The summed E-state index contributed by atoms with van der Waals surface area (Å²) in [5.41, 5.74) is 0.853. The van der Waals surface area contributed by atoms with Gasteiger partial charge in [-0.25, -0.2) is 19.2 Å². The van der Waals surface area contributed by atoms with Gasteiger partial charge < -0.3 is 66.9 Å². The lowest BCUT2D eigenvalue weighted by molar-refractivity contribution is -0.122. The number of carbonyl (C=O) groups is 2. The number of nitrogens with two attached hydrogens (primary N) is 1. The zero-order chi connectivity index (χ0) is 64.3. The van der Waals surface area contributed by atoms with Crippen LogP contribution in [-0.4, -0.2) is 219 Å². The van der Waals surface area contributed by atoms with Crippen molar-refractivity contribution < 1.29 is 92.8 Å². The molecule has 1 amide bonds. The Morgan fingerprint density at radius 3 is 1.34 bits per heavy atom. The number of aromatic nitrogens is 1. The number of amides is 1. The molecule has 28 heteroatoms. The first-order valence-corrected chi connectivity index (χ1v) is 32.8. The van der Waals surface area contributed by atoms with Crippen LogP contribution in [0.5, 0.6) is 5.88 Å². The minimum absolute atomic E-state index is 0.153. The first-order valence-electron chi connectivity index (χ1n) is 30.6. The van der Waals surface area contributed by atoms with Crippen LogP contribution in [0, 0.1) is 0 Å². The number of halogens is 5. The van der Waals surface area contributed by atoms with Crippen LogP contribution >= 0.6 is 23.2 Å². The highest BCUT2D eigenvalue weighted by Gasteiger charge is 2.50. The Morgan fingerprint density at radius 2 is 0.922 bits per heavy atom.